The van der Waals surface area contributed by atoms with Gasteiger partial charge in [0.2, 0.25) is 11.8 Å². The summed E-state index contributed by atoms with van der Waals surface area (Å²) in [5.74, 6) is 4.60. The Balaban J connectivity index is 2.57. The minimum absolute atomic E-state index is 0.0876. The van der Waals surface area contributed by atoms with Crippen molar-refractivity contribution in [2.75, 3.05) is 18.6 Å². The fraction of sp³-hybridized carbons (Fsp3) is 0.667. The summed E-state index contributed by atoms with van der Waals surface area (Å²) < 4.78 is 18.8. The van der Waals surface area contributed by atoms with E-state index in [0.717, 1.165) is 6.20 Å². The third-order valence-electron chi connectivity index (χ3n) is 2.76. The van der Waals surface area contributed by atoms with Gasteiger partial charge in [0.1, 0.15) is 6.61 Å². The number of halogens is 1. The van der Waals surface area contributed by atoms with E-state index in [1.807, 2.05) is 0 Å². The van der Waals surface area contributed by atoms with Gasteiger partial charge in [0.25, 0.3) is 5.88 Å². The number of nitrogen functional groups attached to an aromatic ring is 1. The lowest BCUT2D eigenvalue weighted by atomic mass is 10.2. The van der Waals surface area contributed by atoms with Crippen LogP contribution in [0.1, 0.15) is 27.7 Å². The van der Waals surface area contributed by atoms with Crippen LogP contribution in [0.5, 0.6) is 5.88 Å². The highest BCUT2D eigenvalue weighted by atomic mass is 19.1. The Hall–Kier alpha value is -1.47. The van der Waals surface area contributed by atoms with Gasteiger partial charge in [0.15, 0.2) is 0 Å². The van der Waals surface area contributed by atoms with Gasteiger partial charge in [-0.25, -0.2) is 10.8 Å². The first-order valence-electron chi connectivity index (χ1n) is 6.33. The number of ether oxygens (including phenoxy) is 1. The zero-order chi connectivity index (χ0) is 14.4. The molecule has 0 aliphatic heterocycles. The number of nitrogens with zero attached hydrogens (tertiary/aromatic N) is 3. The molecule has 0 spiro atoms. The van der Waals surface area contributed by atoms with Crippen LogP contribution in [0.3, 0.4) is 0 Å². The van der Waals surface area contributed by atoms with Gasteiger partial charge in [0, 0.05) is 18.6 Å². The molecule has 108 valence electrons. The van der Waals surface area contributed by atoms with Crippen LogP contribution >= 0.6 is 0 Å². The maximum Gasteiger partial charge on any atom is 0.255 e. The largest absolute Gasteiger partial charge is 0.474 e. The van der Waals surface area contributed by atoms with Crippen molar-refractivity contribution in [3.05, 3.63) is 12.0 Å². The number of hydrogen-bond donors (Lipinski definition) is 2. The van der Waals surface area contributed by atoms with Crippen LogP contribution in [0, 0.1) is 5.82 Å². The van der Waals surface area contributed by atoms with Crippen molar-refractivity contribution >= 4 is 5.95 Å². The molecule has 0 aliphatic rings. The van der Waals surface area contributed by atoms with Gasteiger partial charge in [-0.2, -0.15) is 9.37 Å². The summed E-state index contributed by atoms with van der Waals surface area (Å²) in [7, 11) is 0. The van der Waals surface area contributed by atoms with Crippen LogP contribution in [-0.4, -0.2) is 40.1 Å². The summed E-state index contributed by atoms with van der Waals surface area (Å²) in [5, 5.41) is 0. The Morgan fingerprint density at radius 2 is 2.00 bits per heavy atom. The lowest BCUT2D eigenvalue weighted by Crippen LogP contribution is -2.39. The van der Waals surface area contributed by atoms with Crippen LogP contribution in [-0.2, 0) is 0 Å². The van der Waals surface area contributed by atoms with E-state index in [0.29, 0.717) is 25.2 Å². The predicted molar refractivity (Wildman–Crippen MR) is 72.3 cm³/mol. The average molecular weight is 271 g/mol. The van der Waals surface area contributed by atoms with Crippen LogP contribution in [0.15, 0.2) is 6.20 Å². The third-order valence-corrected chi connectivity index (χ3v) is 2.76. The molecule has 0 aromatic carbocycles. The van der Waals surface area contributed by atoms with Gasteiger partial charge in [-0.15, -0.1) is 0 Å². The number of rotatable bonds is 7. The van der Waals surface area contributed by atoms with E-state index >= 15 is 0 Å². The third kappa shape index (κ3) is 4.60. The van der Waals surface area contributed by atoms with Crippen LogP contribution < -0.4 is 16.0 Å². The van der Waals surface area contributed by atoms with Gasteiger partial charge < -0.3 is 4.74 Å². The molecule has 0 atom stereocenters. The molecule has 0 bridgehead atoms. The fourth-order valence-corrected chi connectivity index (χ4v) is 1.88. The van der Waals surface area contributed by atoms with Crippen molar-refractivity contribution < 1.29 is 9.13 Å². The summed E-state index contributed by atoms with van der Waals surface area (Å²) in [6.45, 7) is 9.51. The molecule has 6 nitrogen and oxygen atoms in total. The molecule has 0 unspecified atom stereocenters. The normalized spacial score (nSPS) is 11.4. The highest BCUT2D eigenvalue weighted by Gasteiger charge is 2.14. The SMILES string of the molecule is CC(C)N(CCOc1nc(NN)ncc1F)C(C)C. The molecule has 7 heteroatoms. The second-order valence-electron chi connectivity index (χ2n) is 4.76. The van der Waals surface area contributed by atoms with E-state index in [9.17, 15) is 4.39 Å². The molecule has 0 amide bonds. The molecule has 1 aromatic heterocycles. The summed E-state index contributed by atoms with van der Waals surface area (Å²) in [5.41, 5.74) is 2.25. The topological polar surface area (TPSA) is 76.3 Å². The smallest absolute Gasteiger partial charge is 0.255 e. The Morgan fingerprint density at radius 1 is 1.37 bits per heavy atom. The van der Waals surface area contributed by atoms with Gasteiger partial charge in [-0.05, 0) is 27.7 Å². The monoisotopic (exact) mass is 271 g/mol. The Labute approximate surface area is 113 Å². The van der Waals surface area contributed by atoms with E-state index in [2.05, 4.69) is 48.0 Å². The standard InChI is InChI=1S/C12H22FN5O/c1-8(2)18(9(3)4)5-6-19-11-10(13)7-15-12(16-11)17-14/h7-9H,5-6,14H2,1-4H3,(H,15,16,17). The second-order valence-corrected chi connectivity index (χ2v) is 4.76. The van der Waals surface area contributed by atoms with Crippen molar-refractivity contribution in [1.82, 2.24) is 14.9 Å². The number of hydrazine groups is 1. The molecule has 0 saturated heterocycles. The Morgan fingerprint density at radius 3 is 2.53 bits per heavy atom. The number of anilines is 1. The molecule has 1 aromatic rings. The molecule has 1 heterocycles. The zero-order valence-corrected chi connectivity index (χ0v) is 11.9. The fourth-order valence-electron chi connectivity index (χ4n) is 1.88. The first-order valence-corrected chi connectivity index (χ1v) is 6.33. The number of hydrogen-bond acceptors (Lipinski definition) is 6. The first-order chi connectivity index (χ1) is 8.95. The maximum absolute atomic E-state index is 13.4. The van der Waals surface area contributed by atoms with E-state index in [4.69, 9.17) is 10.6 Å². The maximum atomic E-state index is 13.4. The minimum Gasteiger partial charge on any atom is -0.474 e. The number of aromatic nitrogens is 2. The Kier molecular flexibility index (Phi) is 5.91. The molecule has 1 rings (SSSR count). The van der Waals surface area contributed by atoms with Crippen LogP contribution in [0.25, 0.3) is 0 Å². The molecular formula is C12H22FN5O. The molecule has 3 N–H and O–H groups in total. The molecule has 0 radical (unpaired) electrons. The summed E-state index contributed by atoms with van der Waals surface area (Å²) in [6.07, 6.45) is 1.03. The van der Waals surface area contributed by atoms with Crippen LogP contribution in [0.2, 0.25) is 0 Å². The lowest BCUT2D eigenvalue weighted by molar-refractivity contribution is 0.138. The van der Waals surface area contributed by atoms with Gasteiger partial charge >= 0.3 is 0 Å². The summed E-state index contributed by atoms with van der Waals surface area (Å²) in [6, 6.07) is 0.806. The molecule has 0 fully saturated rings. The quantitative estimate of drug-likeness (QED) is 0.576. The average Bonchev–Trinajstić information content (AvgIpc) is 2.35. The summed E-state index contributed by atoms with van der Waals surface area (Å²) >= 11 is 0. The van der Waals surface area contributed by atoms with E-state index in [1.54, 1.807) is 0 Å². The lowest BCUT2D eigenvalue weighted by Gasteiger charge is -2.30. The predicted octanol–water partition coefficient (Wildman–Crippen LogP) is 1.40. The number of nitrogens with one attached hydrogen (secondary N) is 1. The summed E-state index contributed by atoms with van der Waals surface area (Å²) in [4.78, 5) is 9.71. The van der Waals surface area contributed by atoms with Gasteiger partial charge in [-0.1, -0.05) is 0 Å². The molecule has 0 aliphatic carbocycles. The zero-order valence-electron chi connectivity index (χ0n) is 11.9. The van der Waals surface area contributed by atoms with Crippen molar-refractivity contribution in [1.29, 1.82) is 0 Å². The van der Waals surface area contributed by atoms with Gasteiger partial charge in [0.05, 0.1) is 6.20 Å². The van der Waals surface area contributed by atoms with E-state index < -0.39 is 5.82 Å². The van der Waals surface area contributed by atoms with Gasteiger partial charge in [-0.3, -0.25) is 10.3 Å². The van der Waals surface area contributed by atoms with E-state index in [-0.39, 0.29) is 11.8 Å². The number of nitrogens with two attached hydrogens (primary N) is 1. The van der Waals surface area contributed by atoms with Crippen molar-refractivity contribution in [2.24, 2.45) is 5.84 Å². The molecular weight excluding hydrogens is 249 g/mol. The van der Waals surface area contributed by atoms with Crippen molar-refractivity contribution in [2.45, 2.75) is 39.8 Å². The highest BCUT2D eigenvalue weighted by molar-refractivity contribution is 5.26. The second kappa shape index (κ2) is 7.20. The van der Waals surface area contributed by atoms with Crippen LogP contribution in [0.4, 0.5) is 10.3 Å². The molecule has 0 saturated carbocycles. The first kappa shape index (κ1) is 15.6. The van der Waals surface area contributed by atoms with Crippen molar-refractivity contribution in [3.63, 3.8) is 0 Å². The highest BCUT2D eigenvalue weighted by Crippen LogP contribution is 2.14. The Bertz CT molecular complexity index is 392. The molecule has 19 heavy (non-hydrogen) atoms. The van der Waals surface area contributed by atoms with E-state index in [1.165, 1.54) is 0 Å². The minimum atomic E-state index is -0.598. The van der Waals surface area contributed by atoms with Crippen molar-refractivity contribution in [3.8, 4) is 5.88 Å².